The van der Waals surface area contributed by atoms with Gasteiger partial charge in [0.25, 0.3) is 0 Å². The maximum absolute atomic E-state index is 12.2. The highest BCUT2D eigenvalue weighted by atomic mass is 32.1. The molecule has 8 heteroatoms. The number of nitrogens with zero attached hydrogens (tertiary/aromatic N) is 4. The number of rotatable bonds is 12. The predicted octanol–water partition coefficient (Wildman–Crippen LogP) is 4.52. The van der Waals surface area contributed by atoms with E-state index in [2.05, 4.69) is 20.4 Å². The minimum Gasteiger partial charge on any atom is -0.299 e. The van der Waals surface area contributed by atoms with E-state index in [1.807, 2.05) is 59.3 Å². The average Bonchev–Trinajstić information content (AvgIpc) is 3.21. The Balaban J connectivity index is 1.05. The maximum atomic E-state index is 12.2. The molecule has 4 aromatic heterocycles. The number of Topliss-reactive ketones (excluding diaryl/α,β-unsaturated/α-hetero) is 2. The van der Waals surface area contributed by atoms with E-state index in [0.29, 0.717) is 37.5 Å². The summed E-state index contributed by atoms with van der Waals surface area (Å²) in [6.45, 7) is 0. The van der Waals surface area contributed by atoms with Gasteiger partial charge in [-0.2, -0.15) is 20.4 Å². The minimum atomic E-state index is 0.163. The molecule has 5 rings (SSSR count). The van der Waals surface area contributed by atoms with Crippen LogP contribution >= 0.6 is 22.7 Å². The van der Waals surface area contributed by atoms with Gasteiger partial charge >= 0.3 is 0 Å². The van der Waals surface area contributed by atoms with E-state index in [9.17, 15) is 9.59 Å². The van der Waals surface area contributed by atoms with Crippen LogP contribution in [-0.4, -0.2) is 32.0 Å². The molecule has 6 nitrogen and oxygen atoms in total. The third kappa shape index (κ3) is 6.96. The van der Waals surface area contributed by atoms with Crippen LogP contribution in [0.1, 0.15) is 39.0 Å². The van der Waals surface area contributed by atoms with Crippen LogP contribution in [0.15, 0.2) is 59.3 Å². The molecule has 0 radical (unpaired) electrons. The van der Waals surface area contributed by atoms with Gasteiger partial charge in [0.2, 0.25) is 0 Å². The summed E-state index contributed by atoms with van der Waals surface area (Å²) in [6.07, 6.45) is 4.50. The molecule has 0 bridgehead atoms. The van der Waals surface area contributed by atoms with Gasteiger partial charge in [-0.1, -0.05) is 12.1 Å². The van der Waals surface area contributed by atoms with Gasteiger partial charge in [-0.25, -0.2) is 0 Å². The van der Waals surface area contributed by atoms with Gasteiger partial charge in [-0.3, -0.25) is 9.59 Å². The minimum absolute atomic E-state index is 0.163. The fourth-order valence-electron chi connectivity index (χ4n) is 4.27. The van der Waals surface area contributed by atoms with Crippen molar-refractivity contribution in [3.63, 3.8) is 0 Å². The highest BCUT2D eigenvalue weighted by Crippen LogP contribution is 2.42. The van der Waals surface area contributed by atoms with E-state index in [0.717, 1.165) is 51.8 Å². The van der Waals surface area contributed by atoms with Crippen LogP contribution in [-0.2, 0) is 48.1 Å². The fourth-order valence-corrected chi connectivity index (χ4v) is 5.74. The third-order valence-corrected chi connectivity index (χ3v) is 7.97. The zero-order valence-electron chi connectivity index (χ0n) is 19.3. The SMILES string of the molecule is O=C(Cc1ccc(C[C@@H]2C[C@H]2Cc2ccc(CC(=O)Cc3cccs3)nn2)nn1)Cc1cccs1. The average molecular weight is 503 g/mol. The second-order valence-electron chi connectivity index (χ2n) is 9.14. The van der Waals surface area contributed by atoms with Gasteiger partial charge < -0.3 is 0 Å². The monoisotopic (exact) mass is 502 g/mol. The molecule has 4 aromatic rings. The van der Waals surface area contributed by atoms with Crippen molar-refractivity contribution in [3.05, 3.63) is 91.8 Å². The summed E-state index contributed by atoms with van der Waals surface area (Å²) in [5, 5.41) is 21.2. The van der Waals surface area contributed by atoms with Crippen LogP contribution in [0.25, 0.3) is 0 Å². The van der Waals surface area contributed by atoms with Crippen LogP contribution < -0.4 is 0 Å². The topological polar surface area (TPSA) is 85.7 Å². The van der Waals surface area contributed by atoms with Crippen molar-refractivity contribution < 1.29 is 9.59 Å². The summed E-state index contributed by atoms with van der Waals surface area (Å²) in [6, 6.07) is 15.7. The first kappa shape index (κ1) is 23.6. The lowest BCUT2D eigenvalue weighted by atomic mass is 10.1. The van der Waals surface area contributed by atoms with Crippen molar-refractivity contribution in [2.24, 2.45) is 11.8 Å². The molecule has 0 aromatic carbocycles. The van der Waals surface area contributed by atoms with Crippen molar-refractivity contribution in [1.82, 2.24) is 20.4 Å². The van der Waals surface area contributed by atoms with Gasteiger partial charge in [0.15, 0.2) is 0 Å². The molecule has 0 aliphatic heterocycles. The van der Waals surface area contributed by atoms with Crippen molar-refractivity contribution >= 4 is 34.2 Å². The molecule has 0 amide bonds. The number of thiophene rings is 2. The van der Waals surface area contributed by atoms with Crippen molar-refractivity contribution in [2.75, 3.05) is 0 Å². The second-order valence-corrected chi connectivity index (χ2v) is 11.2. The van der Waals surface area contributed by atoms with Crippen LogP contribution in [0.2, 0.25) is 0 Å². The molecule has 0 saturated heterocycles. The Morgan fingerprint density at radius 3 is 1.43 bits per heavy atom. The highest BCUT2D eigenvalue weighted by Gasteiger charge is 2.37. The Morgan fingerprint density at radius 2 is 1.06 bits per heavy atom. The molecule has 1 fully saturated rings. The van der Waals surface area contributed by atoms with Crippen molar-refractivity contribution in [1.29, 1.82) is 0 Å². The number of aromatic nitrogens is 4. The Bertz CT molecular complexity index is 1150. The first-order chi connectivity index (χ1) is 17.1. The van der Waals surface area contributed by atoms with Crippen molar-refractivity contribution in [3.8, 4) is 0 Å². The summed E-state index contributed by atoms with van der Waals surface area (Å²) in [5.41, 5.74) is 3.40. The van der Waals surface area contributed by atoms with E-state index in [1.165, 1.54) is 0 Å². The Labute approximate surface area is 212 Å². The van der Waals surface area contributed by atoms with Crippen molar-refractivity contribution in [2.45, 2.75) is 44.9 Å². The Kier molecular flexibility index (Phi) is 7.49. The Hall–Kier alpha value is -3.10. The fraction of sp³-hybridized carbons (Fsp3) is 0.333. The van der Waals surface area contributed by atoms with Gasteiger partial charge in [0.1, 0.15) is 11.6 Å². The van der Waals surface area contributed by atoms with Crippen LogP contribution in [0.5, 0.6) is 0 Å². The van der Waals surface area contributed by atoms with Crippen LogP contribution in [0, 0.1) is 11.8 Å². The molecule has 178 valence electrons. The molecular weight excluding hydrogens is 476 g/mol. The third-order valence-electron chi connectivity index (χ3n) is 6.22. The summed E-state index contributed by atoms with van der Waals surface area (Å²) < 4.78 is 0. The second kappa shape index (κ2) is 11.1. The van der Waals surface area contributed by atoms with Crippen LogP contribution in [0.4, 0.5) is 0 Å². The first-order valence-corrected chi connectivity index (χ1v) is 13.6. The highest BCUT2D eigenvalue weighted by molar-refractivity contribution is 7.10. The molecular formula is C27H26N4O2S2. The quantitative estimate of drug-likeness (QED) is 0.283. The maximum Gasteiger partial charge on any atom is 0.144 e. The number of ketones is 2. The Morgan fingerprint density at radius 1 is 0.629 bits per heavy atom. The molecule has 1 aliphatic carbocycles. The lowest BCUT2D eigenvalue weighted by Crippen LogP contribution is -2.09. The summed E-state index contributed by atoms with van der Waals surface area (Å²) in [7, 11) is 0. The largest absolute Gasteiger partial charge is 0.299 e. The van der Waals surface area contributed by atoms with E-state index >= 15 is 0 Å². The van der Waals surface area contributed by atoms with E-state index in [1.54, 1.807) is 22.7 Å². The van der Waals surface area contributed by atoms with Gasteiger partial charge in [-0.15, -0.1) is 22.7 Å². The summed E-state index contributed by atoms with van der Waals surface area (Å²) >= 11 is 3.21. The smallest absolute Gasteiger partial charge is 0.144 e. The molecule has 1 saturated carbocycles. The molecule has 0 unspecified atom stereocenters. The van der Waals surface area contributed by atoms with Crippen LogP contribution in [0.3, 0.4) is 0 Å². The molecule has 2 atom stereocenters. The number of hydrogen-bond acceptors (Lipinski definition) is 8. The lowest BCUT2D eigenvalue weighted by molar-refractivity contribution is -0.118. The molecule has 35 heavy (non-hydrogen) atoms. The van der Waals surface area contributed by atoms with Gasteiger partial charge in [0, 0.05) is 22.6 Å². The zero-order valence-corrected chi connectivity index (χ0v) is 20.9. The first-order valence-electron chi connectivity index (χ1n) is 11.8. The molecule has 4 heterocycles. The van der Waals surface area contributed by atoms with E-state index in [4.69, 9.17) is 0 Å². The van der Waals surface area contributed by atoms with Gasteiger partial charge in [0.05, 0.1) is 35.6 Å². The number of hydrogen-bond donors (Lipinski definition) is 0. The van der Waals surface area contributed by atoms with E-state index in [-0.39, 0.29) is 11.6 Å². The normalized spacial score (nSPS) is 16.8. The molecule has 1 aliphatic rings. The number of carbonyl (C=O) groups excluding carboxylic acids is 2. The standard InChI is InChI=1S/C27H26N4O2S2/c32-24(16-26-3-1-9-34-26)14-22-7-5-20(28-30-22)12-18-11-19(18)13-21-6-8-23(31-29-21)15-25(33)17-27-4-2-10-35-27/h1-10,18-19H,11-17H2/t18-,19-/m0/s1. The number of carbonyl (C=O) groups is 2. The molecule has 0 N–H and O–H groups in total. The molecule has 0 spiro atoms. The summed E-state index contributed by atoms with van der Waals surface area (Å²) in [4.78, 5) is 26.6. The van der Waals surface area contributed by atoms with Gasteiger partial charge in [-0.05, 0) is 78.3 Å². The lowest BCUT2D eigenvalue weighted by Gasteiger charge is -2.03. The zero-order chi connectivity index (χ0) is 24.0. The predicted molar refractivity (Wildman–Crippen MR) is 137 cm³/mol. The summed E-state index contributed by atoms with van der Waals surface area (Å²) in [5.74, 6) is 1.47. The van der Waals surface area contributed by atoms with E-state index < -0.39 is 0 Å².